The third kappa shape index (κ3) is 4.19. The fourth-order valence-corrected chi connectivity index (χ4v) is 7.97. The van der Waals surface area contributed by atoms with Crippen molar-refractivity contribution in [3.05, 3.63) is 169 Å². The summed E-state index contributed by atoms with van der Waals surface area (Å²) in [5.74, 6) is 0. The third-order valence-corrected chi connectivity index (χ3v) is 10.5. The summed E-state index contributed by atoms with van der Waals surface area (Å²) in [5, 5.41) is 2.25. The zero-order chi connectivity index (χ0) is 32.7. The molecule has 0 fully saturated rings. The Bertz CT molecular complexity index is 2730. The molecule has 3 heteroatoms. The molecule has 3 nitrogen and oxygen atoms in total. The van der Waals surface area contributed by atoms with Gasteiger partial charge in [-0.3, -0.25) is 4.40 Å². The molecular weight excluding hydrogens is 597 g/mol. The van der Waals surface area contributed by atoms with Crippen LogP contribution in [0.5, 0.6) is 0 Å². The molecule has 0 atom stereocenters. The van der Waals surface area contributed by atoms with Crippen LogP contribution >= 0.6 is 0 Å². The molecule has 232 valence electrons. The number of imidazole rings is 1. The van der Waals surface area contributed by atoms with Crippen LogP contribution in [0.2, 0.25) is 0 Å². The summed E-state index contributed by atoms with van der Waals surface area (Å²) in [6.07, 6.45) is 2.08. The van der Waals surface area contributed by atoms with E-state index in [1.54, 1.807) is 0 Å². The Labute approximate surface area is 284 Å². The van der Waals surface area contributed by atoms with E-state index in [9.17, 15) is 0 Å². The predicted molar refractivity (Wildman–Crippen MR) is 202 cm³/mol. The Balaban J connectivity index is 1.04. The van der Waals surface area contributed by atoms with Gasteiger partial charge in [0.05, 0.1) is 11.4 Å². The Morgan fingerprint density at radius 2 is 1.20 bits per heavy atom. The van der Waals surface area contributed by atoms with Crippen molar-refractivity contribution >= 4 is 27.6 Å². The summed E-state index contributed by atoms with van der Waals surface area (Å²) in [4.78, 5) is 5.06. The minimum absolute atomic E-state index is 0.0346. The Morgan fingerprint density at radius 3 is 2.08 bits per heavy atom. The summed E-state index contributed by atoms with van der Waals surface area (Å²) in [6, 6.07) is 54.2. The first-order valence-electron chi connectivity index (χ1n) is 16.9. The van der Waals surface area contributed by atoms with Gasteiger partial charge in [-0.25, -0.2) is 4.98 Å². The summed E-state index contributed by atoms with van der Waals surface area (Å²) >= 11 is 0. The van der Waals surface area contributed by atoms with E-state index < -0.39 is 0 Å². The summed E-state index contributed by atoms with van der Waals surface area (Å²) < 4.78 is 8.77. The van der Waals surface area contributed by atoms with Crippen molar-refractivity contribution < 1.29 is 4.42 Å². The fourth-order valence-electron chi connectivity index (χ4n) is 7.97. The van der Waals surface area contributed by atoms with E-state index in [1.807, 2.05) is 12.1 Å². The van der Waals surface area contributed by atoms with Crippen LogP contribution in [0, 0.1) is 0 Å². The van der Waals surface area contributed by atoms with Gasteiger partial charge in [-0.2, -0.15) is 0 Å². The highest BCUT2D eigenvalue weighted by atomic mass is 16.3. The number of benzene rings is 6. The van der Waals surface area contributed by atoms with Crippen LogP contribution in [0.1, 0.15) is 25.0 Å². The lowest BCUT2D eigenvalue weighted by molar-refractivity contribution is 0.660. The highest BCUT2D eigenvalue weighted by Crippen LogP contribution is 2.49. The topological polar surface area (TPSA) is 30.4 Å². The van der Waals surface area contributed by atoms with Crippen molar-refractivity contribution in [1.29, 1.82) is 0 Å². The first-order valence-corrected chi connectivity index (χ1v) is 16.9. The van der Waals surface area contributed by atoms with E-state index in [2.05, 4.69) is 164 Å². The van der Waals surface area contributed by atoms with Crippen LogP contribution in [0.3, 0.4) is 0 Å². The maximum atomic E-state index is 6.59. The number of pyridine rings is 1. The molecule has 0 saturated carbocycles. The molecule has 0 bridgehead atoms. The summed E-state index contributed by atoms with van der Waals surface area (Å²) in [5.41, 5.74) is 17.1. The largest absolute Gasteiger partial charge is 0.455 e. The van der Waals surface area contributed by atoms with Gasteiger partial charge in [0.1, 0.15) is 16.8 Å². The van der Waals surface area contributed by atoms with E-state index in [-0.39, 0.29) is 5.41 Å². The second kappa shape index (κ2) is 10.4. The average Bonchev–Trinajstić information content (AvgIpc) is 3.80. The zero-order valence-electron chi connectivity index (χ0n) is 27.3. The lowest BCUT2D eigenvalue weighted by Crippen LogP contribution is -2.14. The quantitative estimate of drug-likeness (QED) is 0.194. The molecule has 0 radical (unpaired) electrons. The van der Waals surface area contributed by atoms with Crippen LogP contribution in [-0.2, 0) is 5.41 Å². The van der Waals surface area contributed by atoms with E-state index in [1.165, 1.54) is 33.4 Å². The maximum Gasteiger partial charge on any atom is 0.143 e. The number of hydrogen-bond donors (Lipinski definition) is 0. The molecule has 1 aliphatic rings. The SMILES string of the molecule is CC1(C)c2ccccc2-c2ccc(-c3ccc4oc5c(-c6ccc(-c7nc8ccccn8c7-c7ccccc7)cc6)cccc5c4c3)cc21. The van der Waals surface area contributed by atoms with Crippen molar-refractivity contribution in [3.8, 4) is 55.9 Å². The van der Waals surface area contributed by atoms with Crippen molar-refractivity contribution in [2.75, 3.05) is 0 Å². The van der Waals surface area contributed by atoms with E-state index in [0.717, 1.165) is 61.2 Å². The van der Waals surface area contributed by atoms with Crippen molar-refractivity contribution in [1.82, 2.24) is 9.38 Å². The lowest BCUT2D eigenvalue weighted by atomic mass is 9.81. The van der Waals surface area contributed by atoms with Gasteiger partial charge in [-0.1, -0.05) is 135 Å². The average molecular weight is 629 g/mol. The van der Waals surface area contributed by atoms with Gasteiger partial charge >= 0.3 is 0 Å². The molecular formula is C46H32N2O. The monoisotopic (exact) mass is 628 g/mol. The second-order valence-electron chi connectivity index (χ2n) is 13.6. The fraction of sp³-hybridized carbons (Fsp3) is 0.0652. The number of aromatic nitrogens is 2. The van der Waals surface area contributed by atoms with E-state index in [0.29, 0.717) is 0 Å². The molecule has 9 aromatic rings. The second-order valence-corrected chi connectivity index (χ2v) is 13.6. The van der Waals surface area contributed by atoms with Gasteiger partial charge in [-0.15, -0.1) is 0 Å². The number of para-hydroxylation sites is 1. The lowest BCUT2D eigenvalue weighted by Gasteiger charge is -2.22. The maximum absolute atomic E-state index is 6.59. The first-order chi connectivity index (χ1) is 24.0. The van der Waals surface area contributed by atoms with E-state index >= 15 is 0 Å². The third-order valence-electron chi connectivity index (χ3n) is 10.5. The minimum atomic E-state index is -0.0346. The Morgan fingerprint density at radius 1 is 0.510 bits per heavy atom. The number of rotatable bonds is 4. The predicted octanol–water partition coefficient (Wildman–Crippen LogP) is 12.2. The molecule has 0 unspecified atom stereocenters. The number of nitrogens with zero attached hydrogens (tertiary/aromatic N) is 2. The summed E-state index contributed by atoms with van der Waals surface area (Å²) in [6.45, 7) is 4.67. The van der Waals surface area contributed by atoms with Gasteiger partial charge in [0.25, 0.3) is 0 Å². The number of fused-ring (bicyclic) bond motifs is 7. The molecule has 0 aliphatic heterocycles. The standard InChI is InChI=1S/C46H32N2O/c1-46(2)39-16-7-6-13-35(39)36-24-22-33(28-40(36)46)32-23-25-41-38(27-32)37-15-10-14-34(45(37)49-41)29-18-20-30(21-19-29)43-44(31-11-4-3-5-12-31)48-26-9-8-17-42(48)47-43/h3-28H,1-2H3. The number of furan rings is 1. The van der Waals surface area contributed by atoms with Crippen LogP contribution in [0.25, 0.3) is 83.5 Å². The molecule has 0 spiro atoms. The summed E-state index contributed by atoms with van der Waals surface area (Å²) in [7, 11) is 0. The molecule has 0 saturated heterocycles. The van der Waals surface area contributed by atoms with Gasteiger partial charge in [-0.05, 0) is 69.3 Å². The van der Waals surface area contributed by atoms with Crippen molar-refractivity contribution in [2.45, 2.75) is 19.3 Å². The molecule has 1 aliphatic carbocycles. The van der Waals surface area contributed by atoms with Crippen LogP contribution in [0.15, 0.2) is 162 Å². The first kappa shape index (κ1) is 27.9. The molecule has 3 heterocycles. The van der Waals surface area contributed by atoms with E-state index in [4.69, 9.17) is 9.40 Å². The molecule has 10 rings (SSSR count). The van der Waals surface area contributed by atoms with Gasteiger partial charge in [0.15, 0.2) is 0 Å². The zero-order valence-corrected chi connectivity index (χ0v) is 27.3. The molecule has 49 heavy (non-hydrogen) atoms. The Hall–Kier alpha value is -6.19. The van der Waals surface area contributed by atoms with Gasteiger partial charge < -0.3 is 4.42 Å². The Kier molecular flexibility index (Phi) is 5.92. The van der Waals surface area contributed by atoms with Crippen molar-refractivity contribution in [3.63, 3.8) is 0 Å². The highest BCUT2D eigenvalue weighted by molar-refractivity contribution is 6.10. The van der Waals surface area contributed by atoms with Gasteiger partial charge in [0.2, 0.25) is 0 Å². The van der Waals surface area contributed by atoms with Gasteiger partial charge in [0, 0.05) is 39.1 Å². The van der Waals surface area contributed by atoms with Crippen LogP contribution in [-0.4, -0.2) is 9.38 Å². The van der Waals surface area contributed by atoms with Crippen LogP contribution in [0.4, 0.5) is 0 Å². The minimum Gasteiger partial charge on any atom is -0.455 e. The number of hydrogen-bond acceptors (Lipinski definition) is 2. The smallest absolute Gasteiger partial charge is 0.143 e. The molecule has 0 amide bonds. The molecule has 0 N–H and O–H groups in total. The van der Waals surface area contributed by atoms with Crippen LogP contribution < -0.4 is 0 Å². The molecule has 3 aromatic heterocycles. The molecule has 6 aromatic carbocycles. The highest BCUT2D eigenvalue weighted by Gasteiger charge is 2.35. The normalized spacial score (nSPS) is 13.3. The van der Waals surface area contributed by atoms with Crippen molar-refractivity contribution in [2.24, 2.45) is 0 Å².